The number of nitrogens with one attached hydrogen (secondary N) is 1. The Morgan fingerprint density at radius 1 is 1.14 bits per heavy atom. The largest absolute Gasteiger partial charge is 0.462 e. The quantitative estimate of drug-likeness (QED) is 0.296. The number of hydrogen-bond acceptors (Lipinski definition) is 11. The van der Waals surface area contributed by atoms with Gasteiger partial charge in [-0.2, -0.15) is 0 Å². The molecule has 35 heavy (non-hydrogen) atoms. The second-order valence-corrected chi connectivity index (χ2v) is 11.2. The minimum Gasteiger partial charge on any atom is -0.462 e. The second kappa shape index (κ2) is 11.0. The van der Waals surface area contributed by atoms with Crippen LogP contribution in [0.4, 0.5) is 5.82 Å². The molecule has 2 aromatic rings. The topological polar surface area (TPSA) is 170 Å². The Bertz CT molecular complexity index is 1100. The Morgan fingerprint density at radius 2 is 1.83 bits per heavy atom. The van der Waals surface area contributed by atoms with Crippen LogP contribution in [0, 0.1) is 0 Å². The van der Waals surface area contributed by atoms with Crippen molar-refractivity contribution in [2.45, 2.75) is 77.9 Å². The first-order valence-corrected chi connectivity index (χ1v) is 13.2. The second-order valence-electron chi connectivity index (χ2n) is 9.07. The lowest BCUT2D eigenvalue weighted by Crippen LogP contribution is -2.41. The summed E-state index contributed by atoms with van der Waals surface area (Å²) in [6.45, 7) is 8.39. The third-order valence-corrected chi connectivity index (χ3v) is 6.84. The number of fused-ring (bicyclic) bond motifs is 1. The van der Waals surface area contributed by atoms with Gasteiger partial charge in [0.05, 0.1) is 31.2 Å². The molecular weight excluding hydrogens is 479 g/mol. The van der Waals surface area contributed by atoms with E-state index in [9.17, 15) is 14.2 Å². The van der Waals surface area contributed by atoms with E-state index in [1.807, 2.05) is 0 Å². The van der Waals surface area contributed by atoms with E-state index in [-0.39, 0.29) is 24.4 Å². The number of ether oxygens (including phenoxy) is 3. The molecule has 1 aliphatic carbocycles. The lowest BCUT2D eigenvalue weighted by Gasteiger charge is -2.26. The molecule has 3 N–H and O–H groups in total. The molecule has 14 heteroatoms. The molecule has 0 saturated heterocycles. The van der Waals surface area contributed by atoms with Crippen LogP contribution >= 0.6 is 7.52 Å². The fourth-order valence-electron chi connectivity index (χ4n) is 3.28. The van der Waals surface area contributed by atoms with Gasteiger partial charge in [-0.05, 0) is 47.5 Å². The Labute approximate surface area is 203 Å². The van der Waals surface area contributed by atoms with Gasteiger partial charge in [0, 0.05) is 0 Å². The number of carbonyl (C=O) groups excluding carboxylic acids is 2. The fourth-order valence-corrected chi connectivity index (χ4v) is 5.22. The number of rotatable bonds is 13. The van der Waals surface area contributed by atoms with Crippen LogP contribution in [0.5, 0.6) is 0 Å². The summed E-state index contributed by atoms with van der Waals surface area (Å²) in [6.07, 6.45) is 2.24. The smallest absolute Gasteiger partial charge is 0.332 e. The maximum atomic E-state index is 13.7. The highest BCUT2D eigenvalue weighted by Crippen LogP contribution is 2.51. The molecule has 0 aromatic carbocycles. The van der Waals surface area contributed by atoms with Gasteiger partial charge in [-0.15, -0.1) is 0 Å². The summed E-state index contributed by atoms with van der Waals surface area (Å²) in [5, 5.41) is 2.82. The number of nitrogen functional groups attached to an aromatic ring is 1. The minimum atomic E-state index is -3.82. The standard InChI is InChI=1S/C21H33N6O7P/c1-13(2)33-16(28)9-32-35(30,26-21(6-7-21)20(29)34-14(3)4)12-31-15(5)8-27-11-25-17-18(22)23-10-24-19(17)27/h10-11,13-15H,6-9,12H2,1-5H3,(H,26,30)(H2,22,23,24)/t15-,35-/m1/s1. The molecule has 0 radical (unpaired) electrons. The van der Waals surface area contributed by atoms with Crippen molar-refractivity contribution in [3.8, 4) is 0 Å². The summed E-state index contributed by atoms with van der Waals surface area (Å²) in [5.41, 5.74) is 5.70. The molecule has 1 saturated carbocycles. The van der Waals surface area contributed by atoms with Gasteiger partial charge in [0.2, 0.25) is 0 Å². The first-order chi connectivity index (χ1) is 16.4. The van der Waals surface area contributed by atoms with Crippen molar-refractivity contribution in [3.63, 3.8) is 0 Å². The summed E-state index contributed by atoms with van der Waals surface area (Å²) in [7, 11) is -3.82. The summed E-state index contributed by atoms with van der Waals surface area (Å²) >= 11 is 0. The molecule has 2 atom stereocenters. The summed E-state index contributed by atoms with van der Waals surface area (Å²) in [4.78, 5) is 36.9. The molecule has 0 spiro atoms. The molecule has 2 aromatic heterocycles. The van der Waals surface area contributed by atoms with E-state index in [1.54, 1.807) is 45.5 Å². The van der Waals surface area contributed by atoms with E-state index >= 15 is 0 Å². The lowest BCUT2D eigenvalue weighted by atomic mass is 10.3. The zero-order valence-electron chi connectivity index (χ0n) is 20.6. The maximum Gasteiger partial charge on any atom is 0.332 e. The van der Waals surface area contributed by atoms with Crippen LogP contribution in [0.1, 0.15) is 47.5 Å². The zero-order chi connectivity index (χ0) is 25.8. The van der Waals surface area contributed by atoms with Crippen molar-refractivity contribution < 1.29 is 32.9 Å². The lowest BCUT2D eigenvalue weighted by molar-refractivity contribution is -0.150. The maximum absolute atomic E-state index is 13.7. The van der Waals surface area contributed by atoms with Gasteiger partial charge in [0.15, 0.2) is 18.1 Å². The van der Waals surface area contributed by atoms with E-state index < -0.39 is 37.7 Å². The molecule has 2 heterocycles. The van der Waals surface area contributed by atoms with E-state index in [2.05, 4.69) is 20.0 Å². The van der Waals surface area contributed by atoms with Crippen LogP contribution in [-0.2, 0) is 39.4 Å². The fraction of sp³-hybridized carbons (Fsp3) is 0.667. The Hall–Kier alpha value is -2.60. The van der Waals surface area contributed by atoms with Gasteiger partial charge < -0.3 is 29.0 Å². The first kappa shape index (κ1) is 27.0. The van der Waals surface area contributed by atoms with Gasteiger partial charge in [-0.1, -0.05) is 0 Å². The summed E-state index contributed by atoms with van der Waals surface area (Å²) in [6, 6.07) is 0. The van der Waals surface area contributed by atoms with E-state index in [0.717, 1.165) is 0 Å². The normalized spacial score (nSPS) is 17.3. The number of nitrogens with two attached hydrogens (primary N) is 1. The number of anilines is 1. The van der Waals surface area contributed by atoms with Gasteiger partial charge in [0.25, 0.3) is 7.52 Å². The summed E-state index contributed by atoms with van der Waals surface area (Å²) in [5.74, 6) is -0.927. The van der Waals surface area contributed by atoms with Gasteiger partial charge in [0.1, 0.15) is 23.7 Å². The average molecular weight is 513 g/mol. The molecule has 194 valence electrons. The molecule has 0 unspecified atom stereocenters. The van der Waals surface area contributed by atoms with Crippen LogP contribution in [0.2, 0.25) is 0 Å². The highest BCUT2D eigenvalue weighted by Gasteiger charge is 2.55. The predicted octanol–water partition coefficient (Wildman–Crippen LogP) is 2.01. The predicted molar refractivity (Wildman–Crippen MR) is 126 cm³/mol. The van der Waals surface area contributed by atoms with Crippen molar-refractivity contribution in [3.05, 3.63) is 12.7 Å². The third kappa shape index (κ3) is 7.20. The van der Waals surface area contributed by atoms with E-state index in [1.165, 1.54) is 6.33 Å². The molecular formula is C21H33N6O7P. The highest BCUT2D eigenvalue weighted by atomic mass is 31.2. The SMILES string of the molecule is CC(C)OC(=O)CO[P@](=O)(CO[C@H](C)Cn1cnc2c(N)ncnc21)NC1(C(=O)OC(C)C)CC1. The Morgan fingerprint density at radius 3 is 2.46 bits per heavy atom. The average Bonchev–Trinajstić information content (AvgIpc) is 3.43. The first-order valence-electron chi connectivity index (χ1n) is 11.4. The van der Waals surface area contributed by atoms with Crippen molar-refractivity contribution in [2.24, 2.45) is 0 Å². The number of esters is 2. The monoisotopic (exact) mass is 512 g/mol. The van der Waals surface area contributed by atoms with Gasteiger partial charge in [-0.25, -0.2) is 24.8 Å². The van der Waals surface area contributed by atoms with Crippen LogP contribution in [0.25, 0.3) is 11.2 Å². The zero-order valence-corrected chi connectivity index (χ0v) is 21.5. The van der Waals surface area contributed by atoms with Crippen molar-refractivity contribution in [2.75, 3.05) is 18.7 Å². The molecule has 0 amide bonds. The highest BCUT2D eigenvalue weighted by molar-refractivity contribution is 7.56. The molecule has 13 nitrogen and oxygen atoms in total. The Kier molecular flexibility index (Phi) is 8.47. The molecule has 1 fully saturated rings. The molecule has 0 aliphatic heterocycles. The van der Waals surface area contributed by atoms with Crippen LogP contribution in [0.15, 0.2) is 12.7 Å². The number of aromatic nitrogens is 4. The molecule has 0 bridgehead atoms. The third-order valence-electron chi connectivity index (χ3n) is 5.04. The van der Waals surface area contributed by atoms with Crippen LogP contribution < -0.4 is 10.8 Å². The number of imidazole rings is 1. The summed E-state index contributed by atoms with van der Waals surface area (Å²) < 4.78 is 37.1. The minimum absolute atomic E-state index is 0.265. The van der Waals surface area contributed by atoms with Crippen molar-refractivity contribution in [1.82, 2.24) is 24.6 Å². The van der Waals surface area contributed by atoms with Crippen LogP contribution in [0.3, 0.4) is 0 Å². The number of nitrogens with zero attached hydrogens (tertiary/aromatic N) is 4. The van der Waals surface area contributed by atoms with Gasteiger partial charge >= 0.3 is 11.9 Å². The van der Waals surface area contributed by atoms with Crippen LogP contribution in [-0.4, -0.2) is 68.3 Å². The van der Waals surface area contributed by atoms with E-state index in [0.29, 0.717) is 30.6 Å². The molecule has 1 aliphatic rings. The van der Waals surface area contributed by atoms with E-state index in [4.69, 9.17) is 24.5 Å². The number of carbonyl (C=O) groups is 2. The van der Waals surface area contributed by atoms with Crippen molar-refractivity contribution in [1.29, 1.82) is 0 Å². The van der Waals surface area contributed by atoms with Crippen molar-refractivity contribution >= 4 is 36.4 Å². The number of hydrogen-bond donors (Lipinski definition) is 2. The van der Waals surface area contributed by atoms with Gasteiger partial charge in [-0.3, -0.25) is 9.36 Å². The molecule has 3 rings (SSSR count). The Balaban J connectivity index is 1.68.